The highest BCUT2D eigenvalue weighted by molar-refractivity contribution is 5.99. The summed E-state index contributed by atoms with van der Waals surface area (Å²) < 4.78 is 11.0. The second-order valence-corrected chi connectivity index (χ2v) is 14.0. The molecule has 1 aliphatic carbocycles. The molecule has 2 aromatic carbocycles. The van der Waals surface area contributed by atoms with E-state index in [0.29, 0.717) is 24.4 Å². The second-order valence-electron chi connectivity index (χ2n) is 14.0. The number of benzene rings is 2. The number of hydrogen-bond donors (Lipinski definition) is 3. The summed E-state index contributed by atoms with van der Waals surface area (Å²) >= 11 is 0. The molecule has 14 nitrogen and oxygen atoms in total. The van der Waals surface area contributed by atoms with Gasteiger partial charge >= 0.3 is 12.1 Å². The molecule has 1 saturated carbocycles. The molecule has 3 aliphatic rings. The van der Waals surface area contributed by atoms with Crippen molar-refractivity contribution < 1.29 is 33.8 Å². The number of allylic oxidation sites excluding steroid dienone is 1. The van der Waals surface area contributed by atoms with E-state index in [1.54, 1.807) is 27.9 Å². The Hall–Kier alpha value is -5.01. The van der Waals surface area contributed by atoms with Crippen LogP contribution in [0.25, 0.3) is 22.2 Å². The molecule has 3 aromatic rings. The maximum atomic E-state index is 14.3. The van der Waals surface area contributed by atoms with Crippen molar-refractivity contribution in [1.82, 2.24) is 35.7 Å². The molecule has 260 valence electrons. The maximum Gasteiger partial charge on any atom is 0.408 e. The highest BCUT2D eigenvalue weighted by Gasteiger charge is 2.61. The molecule has 3 amide bonds. The van der Waals surface area contributed by atoms with E-state index in [4.69, 9.17) is 9.47 Å². The number of carbonyl (C=O) groups excluding carboxylic acids is 3. The molecule has 3 heterocycles. The van der Waals surface area contributed by atoms with E-state index >= 15 is 0 Å². The number of ether oxygens (including phenoxy) is 2. The fourth-order valence-electron chi connectivity index (χ4n) is 6.83. The van der Waals surface area contributed by atoms with Gasteiger partial charge in [-0.3, -0.25) is 9.59 Å². The summed E-state index contributed by atoms with van der Waals surface area (Å²) in [5, 5.41) is 30.8. The summed E-state index contributed by atoms with van der Waals surface area (Å²) in [6, 6.07) is 8.86. The van der Waals surface area contributed by atoms with Crippen LogP contribution in [0.2, 0.25) is 0 Å². The molecular formula is C35H43N7O7. The second kappa shape index (κ2) is 13.5. The van der Waals surface area contributed by atoms with Crippen molar-refractivity contribution in [3.8, 4) is 17.1 Å². The van der Waals surface area contributed by atoms with E-state index in [1.165, 1.54) is 9.70 Å². The lowest BCUT2D eigenvalue weighted by Gasteiger charge is -2.30. The van der Waals surface area contributed by atoms with Gasteiger partial charge < -0.3 is 30.1 Å². The zero-order valence-electron chi connectivity index (χ0n) is 28.2. The number of methoxy groups -OCH3 is 1. The lowest BCUT2D eigenvalue weighted by molar-refractivity contribution is -0.145. The van der Waals surface area contributed by atoms with E-state index in [9.17, 15) is 24.3 Å². The van der Waals surface area contributed by atoms with Crippen molar-refractivity contribution in [2.45, 2.75) is 95.0 Å². The quantitative estimate of drug-likeness (QED) is 0.335. The number of fused-ring (bicyclic) bond motifs is 3. The molecule has 0 spiro atoms. The molecule has 14 heteroatoms. The number of carboxylic acids is 1. The number of hydrogen-bond acceptors (Lipinski definition) is 9. The lowest BCUT2D eigenvalue weighted by atomic mass is 10.0. The van der Waals surface area contributed by atoms with Crippen LogP contribution in [0.15, 0.2) is 48.6 Å². The molecule has 0 bridgehead atoms. The van der Waals surface area contributed by atoms with E-state index in [2.05, 4.69) is 26.0 Å². The topological polar surface area (TPSA) is 178 Å². The van der Waals surface area contributed by atoms with Gasteiger partial charge in [0.1, 0.15) is 29.0 Å². The van der Waals surface area contributed by atoms with Crippen LogP contribution in [-0.2, 0) is 19.1 Å². The Morgan fingerprint density at radius 1 is 1.08 bits per heavy atom. The van der Waals surface area contributed by atoms with Gasteiger partial charge in [0.2, 0.25) is 17.6 Å². The van der Waals surface area contributed by atoms with Crippen molar-refractivity contribution >= 4 is 34.6 Å². The molecule has 6 rings (SSSR count). The van der Waals surface area contributed by atoms with Crippen LogP contribution < -0.4 is 15.4 Å². The first kappa shape index (κ1) is 33.9. The van der Waals surface area contributed by atoms with Gasteiger partial charge in [-0.25, -0.2) is 9.59 Å². The highest BCUT2D eigenvalue weighted by atomic mass is 16.6. The molecule has 3 N–H and O–H groups in total. The predicted molar refractivity (Wildman–Crippen MR) is 178 cm³/mol. The van der Waals surface area contributed by atoms with Gasteiger partial charge in [-0.1, -0.05) is 49.3 Å². The Kier molecular flexibility index (Phi) is 9.32. The zero-order valence-corrected chi connectivity index (χ0v) is 28.2. The van der Waals surface area contributed by atoms with Crippen LogP contribution in [0.5, 0.6) is 5.75 Å². The largest absolute Gasteiger partial charge is 0.496 e. The Balaban J connectivity index is 1.32. The summed E-state index contributed by atoms with van der Waals surface area (Å²) in [6.45, 7) is 5.26. The van der Waals surface area contributed by atoms with Crippen molar-refractivity contribution in [2.75, 3.05) is 13.7 Å². The average molecular weight is 674 g/mol. The van der Waals surface area contributed by atoms with Gasteiger partial charge in [-0.15, -0.1) is 10.2 Å². The van der Waals surface area contributed by atoms with Crippen LogP contribution in [0, 0.1) is 5.92 Å². The zero-order chi connectivity index (χ0) is 34.9. The molecule has 0 unspecified atom stereocenters. The molecule has 1 saturated heterocycles. The summed E-state index contributed by atoms with van der Waals surface area (Å²) in [7, 11) is 1.61. The van der Waals surface area contributed by atoms with Crippen molar-refractivity contribution in [3.05, 3.63) is 48.6 Å². The number of tetrazole rings is 1. The lowest BCUT2D eigenvalue weighted by Crippen LogP contribution is -2.56. The first-order valence-corrected chi connectivity index (χ1v) is 16.8. The number of amides is 3. The first-order valence-electron chi connectivity index (χ1n) is 16.8. The van der Waals surface area contributed by atoms with E-state index in [-0.39, 0.29) is 25.3 Å². The molecule has 5 atom stereocenters. The molecule has 49 heavy (non-hydrogen) atoms. The fourth-order valence-corrected chi connectivity index (χ4v) is 6.83. The maximum absolute atomic E-state index is 14.3. The highest BCUT2D eigenvalue weighted by Crippen LogP contribution is 2.45. The third-order valence-corrected chi connectivity index (χ3v) is 9.43. The number of alkyl carbamates (subject to hydrolysis) is 1. The SMILES string of the molecule is COc1ccc(-c2nnn([C@@H]3C[C@H]4C(=O)N[C@]5(C(=O)O)C[C@H]5/C=C\CCCCC[C@H](NC(=O)OC(C)(C)C)C(=O)N4C3)n2)c2ccccc12. The average Bonchev–Trinajstić information content (AvgIpc) is 3.36. The Morgan fingerprint density at radius 3 is 2.59 bits per heavy atom. The van der Waals surface area contributed by atoms with Gasteiger partial charge in [0.05, 0.1) is 13.2 Å². The number of nitrogens with one attached hydrogen (secondary N) is 2. The van der Waals surface area contributed by atoms with Gasteiger partial charge in [0, 0.05) is 29.8 Å². The molecule has 2 aliphatic heterocycles. The Labute approximate surface area is 284 Å². The van der Waals surface area contributed by atoms with Crippen LogP contribution in [0.4, 0.5) is 4.79 Å². The minimum Gasteiger partial charge on any atom is -0.496 e. The number of aliphatic carboxylic acids is 1. The van der Waals surface area contributed by atoms with Gasteiger partial charge in [-0.2, -0.15) is 4.80 Å². The normalized spacial score (nSPS) is 26.8. The van der Waals surface area contributed by atoms with Crippen LogP contribution >= 0.6 is 0 Å². The summed E-state index contributed by atoms with van der Waals surface area (Å²) in [4.78, 5) is 56.4. The smallest absolute Gasteiger partial charge is 0.408 e. The van der Waals surface area contributed by atoms with Crippen LogP contribution in [-0.4, -0.2) is 91.0 Å². The molecule has 1 aromatic heterocycles. The summed E-state index contributed by atoms with van der Waals surface area (Å²) in [5.41, 5.74) is -1.48. The Morgan fingerprint density at radius 2 is 1.86 bits per heavy atom. The number of carbonyl (C=O) groups is 4. The third-order valence-electron chi connectivity index (χ3n) is 9.43. The number of rotatable bonds is 5. The summed E-state index contributed by atoms with van der Waals surface area (Å²) in [5.74, 6) is -1.44. The minimum atomic E-state index is -1.44. The summed E-state index contributed by atoms with van der Waals surface area (Å²) in [6.07, 6.45) is 6.85. The third kappa shape index (κ3) is 7.08. The van der Waals surface area contributed by atoms with Crippen LogP contribution in [0.1, 0.15) is 71.8 Å². The Bertz CT molecular complexity index is 1780. The van der Waals surface area contributed by atoms with Crippen molar-refractivity contribution in [1.29, 1.82) is 0 Å². The number of carboxylic acid groups (broad SMARTS) is 1. The van der Waals surface area contributed by atoms with E-state index < -0.39 is 53.1 Å². The number of nitrogens with zero attached hydrogens (tertiary/aromatic N) is 5. The monoisotopic (exact) mass is 673 g/mol. The molecular weight excluding hydrogens is 630 g/mol. The van der Waals surface area contributed by atoms with Gasteiger partial charge in [0.25, 0.3) is 0 Å². The molecule has 0 radical (unpaired) electrons. The minimum absolute atomic E-state index is 0.0476. The predicted octanol–water partition coefficient (Wildman–Crippen LogP) is 4.02. The van der Waals surface area contributed by atoms with E-state index in [0.717, 1.165) is 35.6 Å². The standard InChI is InChI=1S/C35H43N7O7/c1-34(2,3)49-33(47)36-26-15-9-7-5-6-8-12-21-19-35(21,32(45)46)37-30(43)27-18-22(20-41(27)31(26)44)42-39-29(38-40-42)25-16-17-28(48-4)24-14-11-10-13-23(24)25/h8,10-14,16-17,21-22,26-27H,5-7,9,15,18-20H2,1-4H3,(H,36,47)(H,37,43)(H,45,46)/b12-8-/t21-,22-,26+,27+,35-/m1/s1. The van der Waals surface area contributed by atoms with Crippen LogP contribution in [0.3, 0.4) is 0 Å². The first-order chi connectivity index (χ1) is 23.4. The number of aromatic nitrogens is 4. The fraction of sp³-hybridized carbons (Fsp3) is 0.514. The van der Waals surface area contributed by atoms with Crippen molar-refractivity contribution in [3.63, 3.8) is 0 Å². The van der Waals surface area contributed by atoms with Gasteiger partial charge in [-0.05, 0) is 69.2 Å². The van der Waals surface area contributed by atoms with Gasteiger partial charge in [0.15, 0.2) is 0 Å². The molecule has 2 fully saturated rings. The van der Waals surface area contributed by atoms with E-state index in [1.807, 2.05) is 48.6 Å². The van der Waals surface area contributed by atoms with Crippen molar-refractivity contribution in [2.24, 2.45) is 5.92 Å².